The van der Waals surface area contributed by atoms with Gasteiger partial charge in [-0.25, -0.2) is 4.79 Å². The third-order valence-corrected chi connectivity index (χ3v) is 2.69. The molecule has 2 N–H and O–H groups in total. The highest BCUT2D eigenvalue weighted by Crippen LogP contribution is 2.23. The number of amides is 1. The average molecular weight is 316 g/mol. The van der Waals surface area contributed by atoms with E-state index in [4.69, 9.17) is 9.84 Å². The maximum Gasteiger partial charge on any atom is 0.335 e. The lowest BCUT2D eigenvalue weighted by Gasteiger charge is -2.10. The molecule has 1 aromatic carbocycles. The SMILES string of the molecule is CC(C)OCC(=O)Nc1ccc(C(=O)O)cc1Br. The first kappa shape index (κ1) is 14.7. The number of benzene rings is 1. The molecule has 5 nitrogen and oxygen atoms in total. The molecule has 1 aromatic rings. The molecule has 18 heavy (non-hydrogen) atoms. The van der Waals surface area contributed by atoms with Crippen LogP contribution >= 0.6 is 15.9 Å². The first-order valence-electron chi connectivity index (χ1n) is 5.34. The highest BCUT2D eigenvalue weighted by Gasteiger charge is 2.09. The second-order valence-electron chi connectivity index (χ2n) is 3.91. The molecule has 0 spiro atoms. The van der Waals surface area contributed by atoms with E-state index in [0.29, 0.717) is 10.2 Å². The van der Waals surface area contributed by atoms with Crippen molar-refractivity contribution < 1.29 is 19.4 Å². The van der Waals surface area contributed by atoms with E-state index in [-0.39, 0.29) is 24.2 Å². The molecule has 1 rings (SSSR count). The molecule has 0 aliphatic heterocycles. The van der Waals surface area contributed by atoms with Crippen LogP contribution in [0.3, 0.4) is 0 Å². The molecule has 0 aromatic heterocycles. The van der Waals surface area contributed by atoms with Gasteiger partial charge in [0, 0.05) is 4.47 Å². The normalized spacial score (nSPS) is 10.4. The number of rotatable bonds is 5. The predicted octanol–water partition coefficient (Wildman–Crippen LogP) is 2.51. The minimum Gasteiger partial charge on any atom is -0.478 e. The highest BCUT2D eigenvalue weighted by molar-refractivity contribution is 9.10. The first-order chi connectivity index (χ1) is 8.40. The zero-order valence-electron chi connectivity index (χ0n) is 10.1. The molecule has 0 saturated carbocycles. The number of carbonyl (C=O) groups is 2. The number of halogens is 1. The number of carbonyl (C=O) groups excluding carboxylic acids is 1. The fraction of sp³-hybridized carbons (Fsp3) is 0.333. The molecule has 0 fully saturated rings. The van der Waals surface area contributed by atoms with Crippen LogP contribution in [0.4, 0.5) is 5.69 Å². The average Bonchev–Trinajstić information content (AvgIpc) is 2.29. The summed E-state index contributed by atoms with van der Waals surface area (Å²) in [5.74, 6) is -1.30. The number of hydrogen-bond acceptors (Lipinski definition) is 3. The zero-order valence-corrected chi connectivity index (χ0v) is 11.7. The Kier molecular flexibility index (Phi) is 5.30. The van der Waals surface area contributed by atoms with E-state index in [9.17, 15) is 9.59 Å². The van der Waals surface area contributed by atoms with Gasteiger partial charge in [0.1, 0.15) is 6.61 Å². The molecule has 0 aliphatic carbocycles. The Bertz CT molecular complexity index is 459. The Morgan fingerprint density at radius 3 is 2.61 bits per heavy atom. The minimum absolute atomic E-state index is 0.0198. The maximum atomic E-state index is 11.5. The van der Waals surface area contributed by atoms with E-state index in [1.54, 1.807) is 0 Å². The summed E-state index contributed by atoms with van der Waals surface area (Å²) in [6.07, 6.45) is -0.0198. The summed E-state index contributed by atoms with van der Waals surface area (Å²) in [6.45, 7) is 3.64. The molecule has 0 radical (unpaired) electrons. The van der Waals surface area contributed by atoms with Gasteiger partial charge >= 0.3 is 5.97 Å². The second kappa shape index (κ2) is 6.51. The van der Waals surface area contributed by atoms with Crippen LogP contribution in [0.2, 0.25) is 0 Å². The largest absolute Gasteiger partial charge is 0.478 e. The Morgan fingerprint density at radius 1 is 1.44 bits per heavy atom. The second-order valence-corrected chi connectivity index (χ2v) is 4.76. The van der Waals surface area contributed by atoms with Crippen LogP contribution < -0.4 is 5.32 Å². The summed E-state index contributed by atoms with van der Waals surface area (Å²) < 4.78 is 5.67. The molecular weight excluding hydrogens is 302 g/mol. The fourth-order valence-electron chi connectivity index (χ4n) is 1.18. The van der Waals surface area contributed by atoms with Crippen molar-refractivity contribution in [3.8, 4) is 0 Å². The van der Waals surface area contributed by atoms with Gasteiger partial charge in [-0.1, -0.05) is 0 Å². The molecule has 0 atom stereocenters. The molecule has 0 bridgehead atoms. The lowest BCUT2D eigenvalue weighted by molar-refractivity contribution is -0.121. The van der Waals surface area contributed by atoms with Crippen molar-refractivity contribution in [3.05, 3.63) is 28.2 Å². The van der Waals surface area contributed by atoms with E-state index in [1.165, 1.54) is 18.2 Å². The molecule has 0 unspecified atom stereocenters. The fourth-order valence-corrected chi connectivity index (χ4v) is 1.66. The van der Waals surface area contributed by atoms with Crippen molar-refractivity contribution in [1.82, 2.24) is 0 Å². The summed E-state index contributed by atoms with van der Waals surface area (Å²) in [6, 6.07) is 4.38. The number of anilines is 1. The molecule has 1 amide bonds. The molecular formula is C12H14BrNO4. The lowest BCUT2D eigenvalue weighted by atomic mass is 10.2. The van der Waals surface area contributed by atoms with Crippen LogP contribution in [0.25, 0.3) is 0 Å². The topological polar surface area (TPSA) is 75.6 Å². The molecule has 6 heteroatoms. The van der Waals surface area contributed by atoms with Gasteiger partial charge < -0.3 is 15.2 Å². The number of ether oxygens (including phenoxy) is 1. The molecule has 0 saturated heterocycles. The van der Waals surface area contributed by atoms with Crippen LogP contribution in [0, 0.1) is 0 Å². The van der Waals surface area contributed by atoms with Crippen LogP contribution in [0.1, 0.15) is 24.2 Å². The summed E-state index contributed by atoms with van der Waals surface area (Å²) in [5.41, 5.74) is 0.663. The summed E-state index contributed by atoms with van der Waals surface area (Å²) in [4.78, 5) is 22.3. The van der Waals surface area contributed by atoms with E-state index in [2.05, 4.69) is 21.2 Å². The van der Waals surface area contributed by atoms with E-state index in [1.807, 2.05) is 13.8 Å². The Balaban J connectivity index is 2.68. The molecule has 0 heterocycles. The van der Waals surface area contributed by atoms with Crippen molar-refractivity contribution in [2.75, 3.05) is 11.9 Å². The zero-order chi connectivity index (χ0) is 13.7. The Labute approximate surface area is 113 Å². The van der Waals surface area contributed by atoms with Crippen molar-refractivity contribution in [1.29, 1.82) is 0 Å². The standard InChI is InChI=1S/C12H14BrNO4/c1-7(2)18-6-11(15)14-10-4-3-8(12(16)17)5-9(10)13/h3-5,7H,6H2,1-2H3,(H,14,15)(H,16,17). The van der Waals surface area contributed by atoms with Gasteiger partial charge in [0.25, 0.3) is 0 Å². The van der Waals surface area contributed by atoms with Gasteiger partial charge in [-0.15, -0.1) is 0 Å². The number of nitrogens with one attached hydrogen (secondary N) is 1. The first-order valence-corrected chi connectivity index (χ1v) is 6.13. The van der Waals surface area contributed by atoms with Gasteiger partial charge in [0.05, 0.1) is 17.4 Å². The van der Waals surface area contributed by atoms with Gasteiger partial charge in [-0.05, 0) is 48.0 Å². The summed E-state index contributed by atoms with van der Waals surface area (Å²) in [5, 5.41) is 11.4. The lowest BCUT2D eigenvalue weighted by Crippen LogP contribution is -2.20. The van der Waals surface area contributed by atoms with E-state index < -0.39 is 5.97 Å². The third-order valence-electron chi connectivity index (χ3n) is 2.04. The monoisotopic (exact) mass is 315 g/mol. The highest BCUT2D eigenvalue weighted by atomic mass is 79.9. The predicted molar refractivity (Wildman–Crippen MR) is 70.8 cm³/mol. The molecule has 98 valence electrons. The van der Waals surface area contributed by atoms with E-state index >= 15 is 0 Å². The van der Waals surface area contributed by atoms with Crippen LogP contribution in [-0.4, -0.2) is 29.7 Å². The number of aromatic carboxylic acids is 1. The summed E-state index contributed by atoms with van der Waals surface area (Å²) in [7, 11) is 0. The van der Waals surface area contributed by atoms with Crippen molar-refractivity contribution in [3.63, 3.8) is 0 Å². The van der Waals surface area contributed by atoms with Gasteiger partial charge in [0.2, 0.25) is 5.91 Å². The number of hydrogen-bond donors (Lipinski definition) is 2. The van der Waals surface area contributed by atoms with Crippen molar-refractivity contribution in [2.24, 2.45) is 0 Å². The minimum atomic E-state index is -1.02. The van der Waals surface area contributed by atoms with Gasteiger partial charge in [0.15, 0.2) is 0 Å². The quantitative estimate of drug-likeness (QED) is 0.875. The van der Waals surface area contributed by atoms with Gasteiger partial charge in [-0.3, -0.25) is 4.79 Å². The van der Waals surface area contributed by atoms with Gasteiger partial charge in [-0.2, -0.15) is 0 Å². The number of carboxylic acids is 1. The van der Waals surface area contributed by atoms with Crippen LogP contribution in [0.5, 0.6) is 0 Å². The molecule has 0 aliphatic rings. The number of carboxylic acid groups (broad SMARTS) is 1. The van der Waals surface area contributed by atoms with Crippen LogP contribution in [0.15, 0.2) is 22.7 Å². The Morgan fingerprint density at radius 2 is 2.11 bits per heavy atom. The summed E-state index contributed by atoms with van der Waals surface area (Å²) >= 11 is 3.21. The smallest absolute Gasteiger partial charge is 0.335 e. The Hall–Kier alpha value is -1.40. The van der Waals surface area contributed by atoms with E-state index in [0.717, 1.165) is 0 Å². The van der Waals surface area contributed by atoms with Crippen molar-refractivity contribution in [2.45, 2.75) is 20.0 Å². The van der Waals surface area contributed by atoms with Crippen molar-refractivity contribution >= 4 is 33.5 Å². The third kappa shape index (κ3) is 4.46. The van der Waals surface area contributed by atoms with Crippen LogP contribution in [-0.2, 0) is 9.53 Å². The maximum absolute atomic E-state index is 11.5.